The molecule has 0 aliphatic carbocycles. The fraction of sp³-hybridized carbons (Fsp3) is 0.143. The van der Waals surface area contributed by atoms with Crippen LogP contribution in [0.1, 0.15) is 11.9 Å². The van der Waals surface area contributed by atoms with Crippen molar-refractivity contribution in [3.05, 3.63) is 29.8 Å². The van der Waals surface area contributed by atoms with Crippen molar-refractivity contribution in [1.82, 2.24) is 0 Å². The maximum absolute atomic E-state index is 9.17. The number of rotatable bonds is 0. The van der Waals surface area contributed by atoms with E-state index < -0.39 is 13.4 Å². The standard InChI is InChI=1S/C7H7BO3/c9-7-5-3-1-2-4-6(5)8(10)11-7/h1-4,7,9-10H/t7-/m0/s1. The second-order valence-electron chi connectivity index (χ2n) is 2.47. The minimum atomic E-state index is -0.971. The van der Waals surface area contributed by atoms with E-state index in [-0.39, 0.29) is 0 Å². The van der Waals surface area contributed by atoms with Crippen LogP contribution >= 0.6 is 0 Å². The van der Waals surface area contributed by atoms with Gasteiger partial charge >= 0.3 is 7.12 Å². The third-order valence-electron chi connectivity index (χ3n) is 1.79. The van der Waals surface area contributed by atoms with Gasteiger partial charge in [-0.25, -0.2) is 0 Å². The molecular weight excluding hydrogens is 143 g/mol. The van der Waals surface area contributed by atoms with Crippen LogP contribution in [0.5, 0.6) is 0 Å². The van der Waals surface area contributed by atoms with E-state index in [4.69, 9.17) is 14.8 Å². The second kappa shape index (κ2) is 2.34. The van der Waals surface area contributed by atoms with Crippen LogP contribution in [0.25, 0.3) is 0 Å². The molecule has 0 aromatic heterocycles. The Morgan fingerprint density at radius 2 is 2.09 bits per heavy atom. The monoisotopic (exact) mass is 150 g/mol. The zero-order valence-electron chi connectivity index (χ0n) is 5.77. The van der Waals surface area contributed by atoms with Crippen LogP contribution in [0.2, 0.25) is 0 Å². The number of hydrogen-bond acceptors (Lipinski definition) is 3. The fourth-order valence-corrected chi connectivity index (χ4v) is 1.23. The third kappa shape index (κ3) is 0.958. The molecule has 1 atom stereocenters. The van der Waals surface area contributed by atoms with Gasteiger partial charge in [-0.2, -0.15) is 0 Å². The average Bonchev–Trinajstić information content (AvgIpc) is 2.30. The Labute approximate surface area is 64.4 Å². The fourth-order valence-electron chi connectivity index (χ4n) is 1.23. The molecule has 0 bridgehead atoms. The van der Waals surface area contributed by atoms with Gasteiger partial charge < -0.3 is 14.8 Å². The number of aliphatic hydroxyl groups excluding tert-OH is 1. The maximum Gasteiger partial charge on any atom is 0.493 e. The summed E-state index contributed by atoms with van der Waals surface area (Å²) in [6.07, 6.45) is -0.971. The van der Waals surface area contributed by atoms with E-state index >= 15 is 0 Å². The van der Waals surface area contributed by atoms with Gasteiger partial charge in [0.15, 0.2) is 6.29 Å². The SMILES string of the molecule is OB1O[C@H](O)c2ccccc21. The van der Waals surface area contributed by atoms with Gasteiger partial charge in [-0.15, -0.1) is 0 Å². The van der Waals surface area contributed by atoms with Crippen LogP contribution in [0.4, 0.5) is 0 Å². The Morgan fingerprint density at radius 3 is 2.82 bits per heavy atom. The second-order valence-corrected chi connectivity index (χ2v) is 2.47. The molecule has 1 aromatic rings. The van der Waals surface area contributed by atoms with Crippen molar-refractivity contribution in [2.45, 2.75) is 6.29 Å². The minimum Gasteiger partial charge on any atom is -0.423 e. The zero-order valence-corrected chi connectivity index (χ0v) is 5.77. The van der Waals surface area contributed by atoms with Gasteiger partial charge in [-0.1, -0.05) is 24.3 Å². The van der Waals surface area contributed by atoms with Gasteiger partial charge in [-0.3, -0.25) is 0 Å². The molecule has 0 saturated carbocycles. The van der Waals surface area contributed by atoms with E-state index in [1.54, 1.807) is 24.3 Å². The zero-order chi connectivity index (χ0) is 7.84. The first-order valence-electron chi connectivity index (χ1n) is 3.39. The summed E-state index contributed by atoms with van der Waals surface area (Å²) in [7, 11) is -0.971. The molecule has 1 aromatic carbocycles. The molecule has 0 saturated heterocycles. The Balaban J connectivity index is 2.52. The highest BCUT2D eigenvalue weighted by Crippen LogP contribution is 2.19. The number of hydrogen-bond donors (Lipinski definition) is 2. The van der Waals surface area contributed by atoms with Gasteiger partial charge in [0.25, 0.3) is 0 Å². The minimum absolute atomic E-state index is 0.653. The summed E-state index contributed by atoms with van der Waals surface area (Å²) in [4.78, 5) is 0. The van der Waals surface area contributed by atoms with Crippen molar-refractivity contribution in [3.63, 3.8) is 0 Å². The van der Waals surface area contributed by atoms with Crippen LogP contribution < -0.4 is 5.46 Å². The smallest absolute Gasteiger partial charge is 0.423 e. The third-order valence-corrected chi connectivity index (χ3v) is 1.79. The van der Waals surface area contributed by atoms with Gasteiger partial charge in [0.1, 0.15) is 0 Å². The normalized spacial score (nSPS) is 22.0. The summed E-state index contributed by atoms with van der Waals surface area (Å²) in [5.74, 6) is 0. The van der Waals surface area contributed by atoms with Crippen molar-refractivity contribution in [1.29, 1.82) is 0 Å². The van der Waals surface area contributed by atoms with Crippen molar-refractivity contribution in [3.8, 4) is 0 Å². The van der Waals surface area contributed by atoms with E-state index in [1.807, 2.05) is 0 Å². The molecule has 1 aliphatic heterocycles. The Morgan fingerprint density at radius 1 is 1.36 bits per heavy atom. The highest BCUT2D eigenvalue weighted by Gasteiger charge is 2.32. The van der Waals surface area contributed by atoms with Crippen molar-refractivity contribution >= 4 is 12.6 Å². The van der Waals surface area contributed by atoms with E-state index in [9.17, 15) is 0 Å². The van der Waals surface area contributed by atoms with E-state index in [2.05, 4.69) is 0 Å². The van der Waals surface area contributed by atoms with Crippen LogP contribution in [0.3, 0.4) is 0 Å². The molecule has 11 heavy (non-hydrogen) atoms. The van der Waals surface area contributed by atoms with Crippen LogP contribution in [0.15, 0.2) is 24.3 Å². The lowest BCUT2D eigenvalue weighted by Crippen LogP contribution is -2.27. The molecule has 1 heterocycles. The lowest BCUT2D eigenvalue weighted by molar-refractivity contribution is -0.0218. The Hall–Kier alpha value is -0.835. The molecule has 0 amide bonds. The van der Waals surface area contributed by atoms with Gasteiger partial charge in [-0.05, 0) is 5.46 Å². The predicted molar refractivity (Wildman–Crippen MR) is 40.1 cm³/mol. The molecule has 2 rings (SSSR count). The molecule has 0 unspecified atom stereocenters. The highest BCUT2D eigenvalue weighted by atomic mass is 16.6. The number of aliphatic hydroxyl groups is 1. The molecule has 0 spiro atoms. The molecule has 4 heteroatoms. The lowest BCUT2D eigenvalue weighted by Gasteiger charge is -2.00. The topological polar surface area (TPSA) is 49.7 Å². The van der Waals surface area contributed by atoms with Crippen LogP contribution in [0, 0.1) is 0 Å². The highest BCUT2D eigenvalue weighted by molar-refractivity contribution is 6.61. The molecule has 1 aliphatic rings. The van der Waals surface area contributed by atoms with Crippen molar-refractivity contribution in [2.24, 2.45) is 0 Å². The van der Waals surface area contributed by atoms with Crippen LogP contribution in [-0.4, -0.2) is 17.2 Å². The lowest BCUT2D eigenvalue weighted by atomic mass is 9.80. The summed E-state index contributed by atoms with van der Waals surface area (Å²) in [5.41, 5.74) is 1.31. The molecule has 3 nitrogen and oxygen atoms in total. The molecule has 2 N–H and O–H groups in total. The average molecular weight is 150 g/mol. The maximum atomic E-state index is 9.17. The molecule has 0 radical (unpaired) electrons. The summed E-state index contributed by atoms with van der Waals surface area (Å²) < 4.78 is 4.74. The number of fused-ring (bicyclic) bond motifs is 1. The van der Waals surface area contributed by atoms with Gasteiger partial charge in [0.05, 0.1) is 0 Å². The van der Waals surface area contributed by atoms with Crippen molar-refractivity contribution in [2.75, 3.05) is 0 Å². The number of benzene rings is 1. The van der Waals surface area contributed by atoms with Crippen molar-refractivity contribution < 1.29 is 14.8 Å². The molecule has 56 valence electrons. The summed E-state index contributed by atoms with van der Waals surface area (Å²) in [6.45, 7) is 0. The summed E-state index contributed by atoms with van der Waals surface area (Å²) in [6, 6.07) is 7.05. The summed E-state index contributed by atoms with van der Waals surface area (Å²) >= 11 is 0. The van der Waals surface area contributed by atoms with Gasteiger partial charge in [0, 0.05) is 5.56 Å². The Bertz CT molecular complexity index is 249. The summed E-state index contributed by atoms with van der Waals surface area (Å²) in [5, 5.41) is 18.3. The predicted octanol–water partition coefficient (Wildman–Crippen LogP) is -0.605. The largest absolute Gasteiger partial charge is 0.493 e. The van der Waals surface area contributed by atoms with Crippen LogP contribution in [-0.2, 0) is 4.65 Å². The quantitative estimate of drug-likeness (QED) is 0.485. The van der Waals surface area contributed by atoms with E-state index in [0.717, 1.165) is 0 Å². The van der Waals surface area contributed by atoms with E-state index in [0.29, 0.717) is 11.0 Å². The first-order chi connectivity index (χ1) is 5.29. The van der Waals surface area contributed by atoms with Gasteiger partial charge in [0.2, 0.25) is 0 Å². The first-order valence-corrected chi connectivity index (χ1v) is 3.39. The molecular formula is C7H7BO3. The Kier molecular flexibility index (Phi) is 1.46. The first kappa shape index (κ1) is 6.85. The van der Waals surface area contributed by atoms with E-state index in [1.165, 1.54) is 0 Å². The molecule has 0 fully saturated rings.